The number of alkyl halides is 1. The monoisotopic (exact) mass is 306 g/mol. The van der Waals surface area contributed by atoms with Gasteiger partial charge in [0.1, 0.15) is 11.3 Å². The van der Waals surface area contributed by atoms with Gasteiger partial charge in [0.25, 0.3) is 0 Å². The molecule has 1 aliphatic rings. The molecule has 0 aliphatic carbocycles. The van der Waals surface area contributed by atoms with Gasteiger partial charge in [0.2, 0.25) is 0 Å². The quantitative estimate of drug-likeness (QED) is 0.796. The molecule has 1 unspecified atom stereocenters. The first-order chi connectivity index (χ1) is 10.2. The van der Waals surface area contributed by atoms with Crippen LogP contribution in [-0.4, -0.2) is 39.1 Å². The molecule has 1 atom stereocenters. The molecule has 1 saturated heterocycles. The average Bonchev–Trinajstić information content (AvgIpc) is 3.08. The predicted molar refractivity (Wildman–Crippen MR) is 86.7 cm³/mol. The molecule has 3 heterocycles. The van der Waals surface area contributed by atoms with Crippen LogP contribution in [0, 0.1) is 12.8 Å². The zero-order chi connectivity index (χ0) is 14.8. The molecule has 1 aliphatic heterocycles. The lowest BCUT2D eigenvalue weighted by atomic mass is 10.1. The van der Waals surface area contributed by atoms with Gasteiger partial charge in [-0.25, -0.2) is 9.97 Å². The average molecular weight is 307 g/mol. The molecule has 5 heteroatoms. The summed E-state index contributed by atoms with van der Waals surface area (Å²) < 4.78 is 2.20. The molecule has 0 bridgehead atoms. The molecule has 1 fully saturated rings. The number of likely N-dealkylation sites (tertiary alicyclic amines) is 1. The number of imidazole rings is 1. The molecule has 0 saturated carbocycles. The third-order valence-electron chi connectivity index (χ3n) is 4.30. The van der Waals surface area contributed by atoms with E-state index < -0.39 is 0 Å². The lowest BCUT2D eigenvalue weighted by Gasteiger charge is -2.21. The fraction of sp³-hybridized carbons (Fsp3) is 0.625. The zero-order valence-corrected chi connectivity index (χ0v) is 13.6. The second kappa shape index (κ2) is 6.32. The Morgan fingerprint density at radius 1 is 1.29 bits per heavy atom. The van der Waals surface area contributed by atoms with Gasteiger partial charge in [-0.1, -0.05) is 6.92 Å². The van der Waals surface area contributed by atoms with Gasteiger partial charge in [0.15, 0.2) is 5.65 Å². The van der Waals surface area contributed by atoms with E-state index in [2.05, 4.69) is 33.3 Å². The minimum atomic E-state index is 0.437. The van der Waals surface area contributed by atoms with Crippen molar-refractivity contribution < 1.29 is 0 Å². The number of rotatable bonds is 5. The van der Waals surface area contributed by atoms with Crippen LogP contribution in [0.5, 0.6) is 0 Å². The summed E-state index contributed by atoms with van der Waals surface area (Å²) in [5.41, 5.74) is 3.12. The Balaban J connectivity index is 1.83. The number of aryl methyl sites for hydroxylation is 1. The van der Waals surface area contributed by atoms with E-state index in [0.29, 0.717) is 11.8 Å². The third-order valence-corrected chi connectivity index (χ3v) is 4.54. The highest BCUT2D eigenvalue weighted by molar-refractivity contribution is 6.16. The molecule has 0 amide bonds. The Labute approximate surface area is 131 Å². The molecule has 2 aromatic rings. The van der Waals surface area contributed by atoms with Crippen molar-refractivity contribution in [2.75, 3.05) is 19.6 Å². The molecular weight excluding hydrogens is 284 g/mol. The normalized spacial score (nSPS) is 17.7. The van der Waals surface area contributed by atoms with Crippen LogP contribution >= 0.6 is 11.6 Å². The molecule has 0 radical (unpaired) electrons. The lowest BCUT2D eigenvalue weighted by molar-refractivity contribution is 0.272. The number of aromatic nitrogens is 3. The predicted octanol–water partition coefficient (Wildman–Crippen LogP) is 3.21. The number of hydrogen-bond acceptors (Lipinski definition) is 3. The van der Waals surface area contributed by atoms with Crippen molar-refractivity contribution in [1.82, 2.24) is 19.4 Å². The van der Waals surface area contributed by atoms with Crippen molar-refractivity contribution in [2.24, 2.45) is 5.92 Å². The molecule has 0 N–H and O–H groups in total. The highest BCUT2D eigenvalue weighted by Crippen LogP contribution is 2.21. The fourth-order valence-corrected chi connectivity index (χ4v) is 3.46. The number of nitrogens with zero attached hydrogens (tertiary/aromatic N) is 4. The maximum Gasteiger partial charge on any atom is 0.160 e. The summed E-state index contributed by atoms with van der Waals surface area (Å²) in [7, 11) is 0. The third kappa shape index (κ3) is 3.06. The molecule has 0 spiro atoms. The van der Waals surface area contributed by atoms with Crippen LogP contribution in [0.3, 0.4) is 0 Å². The highest BCUT2D eigenvalue weighted by atomic mass is 35.5. The first-order valence-corrected chi connectivity index (χ1v) is 8.31. The van der Waals surface area contributed by atoms with Gasteiger partial charge in [0.05, 0.1) is 5.88 Å². The fourth-order valence-electron chi connectivity index (χ4n) is 3.25. The van der Waals surface area contributed by atoms with Gasteiger partial charge >= 0.3 is 0 Å². The van der Waals surface area contributed by atoms with E-state index in [1.54, 1.807) is 0 Å². The van der Waals surface area contributed by atoms with E-state index in [4.69, 9.17) is 11.6 Å². The van der Waals surface area contributed by atoms with Gasteiger partial charge in [-0.15, -0.1) is 11.6 Å². The molecule has 21 heavy (non-hydrogen) atoms. The second-order valence-electron chi connectivity index (χ2n) is 6.19. The van der Waals surface area contributed by atoms with Crippen LogP contribution in [0.4, 0.5) is 0 Å². The van der Waals surface area contributed by atoms with Crippen molar-refractivity contribution in [2.45, 2.75) is 39.1 Å². The Morgan fingerprint density at radius 3 is 2.76 bits per heavy atom. The summed E-state index contributed by atoms with van der Waals surface area (Å²) in [4.78, 5) is 11.8. The van der Waals surface area contributed by atoms with E-state index in [1.807, 2.05) is 12.3 Å². The van der Waals surface area contributed by atoms with Crippen molar-refractivity contribution in [3.8, 4) is 0 Å². The van der Waals surface area contributed by atoms with E-state index in [9.17, 15) is 0 Å². The van der Waals surface area contributed by atoms with Crippen molar-refractivity contribution in [1.29, 1.82) is 0 Å². The van der Waals surface area contributed by atoms with Crippen LogP contribution in [0.15, 0.2) is 12.3 Å². The summed E-state index contributed by atoms with van der Waals surface area (Å²) in [6.45, 7) is 8.95. The summed E-state index contributed by atoms with van der Waals surface area (Å²) in [6, 6.07) is 2.01. The van der Waals surface area contributed by atoms with E-state index in [1.165, 1.54) is 25.9 Å². The van der Waals surface area contributed by atoms with Crippen molar-refractivity contribution >= 4 is 22.8 Å². The van der Waals surface area contributed by atoms with Crippen molar-refractivity contribution in [3.05, 3.63) is 23.7 Å². The molecule has 0 aromatic carbocycles. The van der Waals surface area contributed by atoms with Crippen LogP contribution in [0.1, 0.15) is 31.2 Å². The van der Waals surface area contributed by atoms with Gasteiger partial charge in [-0.05, 0) is 50.4 Å². The smallest absolute Gasteiger partial charge is 0.160 e. The van der Waals surface area contributed by atoms with Crippen LogP contribution in [0.2, 0.25) is 0 Å². The lowest BCUT2D eigenvalue weighted by Crippen LogP contribution is -2.28. The molecule has 2 aromatic heterocycles. The first-order valence-electron chi connectivity index (χ1n) is 7.78. The number of fused-ring (bicyclic) bond motifs is 1. The van der Waals surface area contributed by atoms with Crippen LogP contribution < -0.4 is 0 Å². The summed E-state index contributed by atoms with van der Waals surface area (Å²) in [5.74, 6) is 1.94. The van der Waals surface area contributed by atoms with E-state index in [0.717, 1.165) is 35.6 Å². The Bertz CT molecular complexity index is 616. The minimum absolute atomic E-state index is 0.437. The maximum absolute atomic E-state index is 6.09. The Hall–Kier alpha value is -1.13. The van der Waals surface area contributed by atoms with E-state index >= 15 is 0 Å². The maximum atomic E-state index is 6.09. The first kappa shape index (κ1) is 14.8. The van der Waals surface area contributed by atoms with Crippen molar-refractivity contribution in [3.63, 3.8) is 0 Å². The standard InChI is InChI=1S/C16H23ClN4/c1-12(10-20-7-3-4-8-20)11-21-14(9-17)19-15-13(2)5-6-18-16(15)21/h5-6,12H,3-4,7-11H2,1-2H3. The Morgan fingerprint density at radius 2 is 2.05 bits per heavy atom. The summed E-state index contributed by atoms with van der Waals surface area (Å²) in [6.07, 6.45) is 4.54. The van der Waals surface area contributed by atoms with Gasteiger partial charge in [-0.3, -0.25) is 0 Å². The van der Waals surface area contributed by atoms with Gasteiger partial charge < -0.3 is 9.47 Å². The second-order valence-corrected chi connectivity index (χ2v) is 6.45. The number of hydrogen-bond donors (Lipinski definition) is 0. The number of pyridine rings is 1. The molecule has 4 nitrogen and oxygen atoms in total. The molecule has 114 valence electrons. The largest absolute Gasteiger partial charge is 0.311 e. The van der Waals surface area contributed by atoms with Gasteiger partial charge in [-0.2, -0.15) is 0 Å². The van der Waals surface area contributed by atoms with Crippen LogP contribution in [0.25, 0.3) is 11.2 Å². The topological polar surface area (TPSA) is 34.0 Å². The Kier molecular flexibility index (Phi) is 4.45. The SMILES string of the molecule is Cc1ccnc2c1nc(CCl)n2CC(C)CN1CCCC1. The van der Waals surface area contributed by atoms with Gasteiger partial charge in [0, 0.05) is 19.3 Å². The molecular formula is C16H23ClN4. The zero-order valence-electron chi connectivity index (χ0n) is 12.8. The summed E-state index contributed by atoms with van der Waals surface area (Å²) >= 11 is 6.09. The number of halogens is 1. The highest BCUT2D eigenvalue weighted by Gasteiger charge is 2.18. The molecule has 3 rings (SSSR count). The minimum Gasteiger partial charge on any atom is -0.311 e. The van der Waals surface area contributed by atoms with E-state index in [-0.39, 0.29) is 0 Å². The summed E-state index contributed by atoms with van der Waals surface area (Å²) in [5, 5.41) is 0. The van der Waals surface area contributed by atoms with Crippen LogP contribution in [-0.2, 0) is 12.4 Å².